The minimum Gasteiger partial charge on any atom is -0.353 e. The molecule has 1 aromatic heterocycles. The van der Waals surface area contributed by atoms with Crippen molar-refractivity contribution in [2.75, 3.05) is 13.1 Å². The zero-order chi connectivity index (χ0) is 22.6. The minimum absolute atomic E-state index is 0.128. The Kier molecular flexibility index (Phi) is 6.27. The van der Waals surface area contributed by atoms with Crippen LogP contribution in [-0.2, 0) is 20.1 Å². The van der Waals surface area contributed by atoms with Crippen molar-refractivity contribution in [2.45, 2.75) is 32.0 Å². The van der Waals surface area contributed by atoms with E-state index in [2.05, 4.69) is 88.3 Å². The van der Waals surface area contributed by atoms with Gasteiger partial charge in [0.1, 0.15) is 0 Å². The summed E-state index contributed by atoms with van der Waals surface area (Å²) in [4.78, 5) is 18.4. The number of likely N-dealkylation sites (tertiary alicyclic amines) is 1. The van der Waals surface area contributed by atoms with Gasteiger partial charge in [0.15, 0.2) is 0 Å². The maximum absolute atomic E-state index is 13.8. The molecule has 2 heterocycles. The molecule has 0 aliphatic carbocycles. The molecule has 5 rings (SSSR count). The number of amides is 1. The third-order valence-electron chi connectivity index (χ3n) is 6.89. The summed E-state index contributed by atoms with van der Waals surface area (Å²) < 4.78 is 2.12. The number of benzene rings is 3. The number of hydrogen-bond donors (Lipinski definition) is 0. The van der Waals surface area contributed by atoms with Gasteiger partial charge >= 0.3 is 0 Å². The number of carbonyl (C=O) groups excluding carboxylic acids is 1. The normalized spacial score (nSPS) is 15.1. The monoisotopic (exact) mass is 437 g/mol. The molecule has 1 amide bonds. The van der Waals surface area contributed by atoms with E-state index >= 15 is 0 Å². The second kappa shape index (κ2) is 9.63. The van der Waals surface area contributed by atoms with E-state index in [4.69, 9.17) is 0 Å². The summed E-state index contributed by atoms with van der Waals surface area (Å²) >= 11 is 0. The molecule has 1 fully saturated rings. The van der Waals surface area contributed by atoms with E-state index in [1.54, 1.807) is 0 Å². The van der Waals surface area contributed by atoms with E-state index in [-0.39, 0.29) is 11.9 Å². The molecule has 1 aliphatic heterocycles. The van der Waals surface area contributed by atoms with E-state index in [1.807, 2.05) is 24.3 Å². The van der Waals surface area contributed by atoms with Gasteiger partial charge in [-0.15, -0.1) is 0 Å². The van der Waals surface area contributed by atoms with Crippen molar-refractivity contribution < 1.29 is 4.79 Å². The lowest BCUT2D eigenvalue weighted by Crippen LogP contribution is -2.47. The fraction of sp³-hybridized carbons (Fsp3) is 0.276. The van der Waals surface area contributed by atoms with Crippen molar-refractivity contribution in [3.63, 3.8) is 0 Å². The molecule has 0 spiro atoms. The van der Waals surface area contributed by atoms with Crippen LogP contribution in [0, 0.1) is 0 Å². The first-order valence-corrected chi connectivity index (χ1v) is 11.8. The number of rotatable bonds is 6. The van der Waals surface area contributed by atoms with Gasteiger partial charge in [-0.2, -0.15) is 0 Å². The van der Waals surface area contributed by atoms with E-state index in [1.165, 1.54) is 5.56 Å². The molecular formula is C29H31N3O. The Morgan fingerprint density at radius 3 is 2.33 bits per heavy atom. The number of piperidine rings is 1. The molecule has 4 aromatic rings. The molecule has 0 N–H and O–H groups in total. The van der Waals surface area contributed by atoms with Crippen LogP contribution >= 0.6 is 0 Å². The Bertz CT molecular complexity index is 1220. The Balaban J connectivity index is 1.35. The topological polar surface area (TPSA) is 28.5 Å². The predicted octanol–water partition coefficient (Wildman–Crippen LogP) is 5.49. The maximum atomic E-state index is 13.8. The number of nitrogens with zero attached hydrogens (tertiary/aromatic N) is 3. The van der Waals surface area contributed by atoms with E-state index < -0.39 is 0 Å². The zero-order valence-electron chi connectivity index (χ0n) is 19.2. The molecule has 0 radical (unpaired) electrons. The Hall–Kier alpha value is -3.37. The highest BCUT2D eigenvalue weighted by Gasteiger charge is 2.29. The Morgan fingerprint density at radius 2 is 1.61 bits per heavy atom. The number of carbonyl (C=O) groups is 1. The molecule has 3 aromatic carbocycles. The first-order chi connectivity index (χ1) is 16.2. The van der Waals surface area contributed by atoms with Crippen LogP contribution in [0.1, 0.15) is 34.5 Å². The summed E-state index contributed by atoms with van der Waals surface area (Å²) in [6.07, 6.45) is 4.05. The van der Waals surface area contributed by atoms with Gasteiger partial charge in [0.05, 0.1) is 6.54 Å². The number of fused-ring (bicyclic) bond motifs is 1. The lowest BCUT2D eigenvalue weighted by molar-refractivity contribution is 0.0537. The molecule has 0 unspecified atom stereocenters. The van der Waals surface area contributed by atoms with Crippen LogP contribution in [0.2, 0.25) is 0 Å². The number of aryl methyl sites for hydroxylation is 1. The van der Waals surface area contributed by atoms with Crippen LogP contribution in [0.3, 0.4) is 0 Å². The molecule has 4 heteroatoms. The van der Waals surface area contributed by atoms with Gasteiger partial charge in [-0.1, -0.05) is 60.7 Å². The largest absolute Gasteiger partial charge is 0.353 e. The third-order valence-corrected chi connectivity index (χ3v) is 6.89. The van der Waals surface area contributed by atoms with Crippen molar-refractivity contribution in [3.8, 4) is 0 Å². The van der Waals surface area contributed by atoms with Gasteiger partial charge in [0.2, 0.25) is 0 Å². The van der Waals surface area contributed by atoms with Crippen LogP contribution < -0.4 is 0 Å². The highest BCUT2D eigenvalue weighted by Crippen LogP contribution is 2.24. The number of aromatic nitrogens is 1. The summed E-state index contributed by atoms with van der Waals surface area (Å²) in [5.41, 5.74) is 3.29. The molecule has 0 atom stereocenters. The van der Waals surface area contributed by atoms with E-state index in [0.29, 0.717) is 6.54 Å². The van der Waals surface area contributed by atoms with Crippen molar-refractivity contribution in [3.05, 3.63) is 108 Å². The zero-order valence-corrected chi connectivity index (χ0v) is 19.2. The molecule has 168 valence electrons. The Labute approximate surface area is 196 Å². The molecular weight excluding hydrogens is 406 g/mol. The molecule has 0 bridgehead atoms. The first-order valence-electron chi connectivity index (χ1n) is 11.8. The van der Waals surface area contributed by atoms with Crippen LogP contribution in [0.5, 0.6) is 0 Å². The first kappa shape index (κ1) is 21.5. The summed E-state index contributed by atoms with van der Waals surface area (Å²) in [6.45, 7) is 3.63. The highest BCUT2D eigenvalue weighted by atomic mass is 16.2. The third kappa shape index (κ3) is 4.86. The van der Waals surface area contributed by atoms with Crippen LogP contribution in [-0.4, -0.2) is 39.4 Å². The predicted molar refractivity (Wildman–Crippen MR) is 134 cm³/mol. The average Bonchev–Trinajstić information content (AvgIpc) is 3.27. The van der Waals surface area contributed by atoms with Crippen molar-refractivity contribution in [2.24, 2.45) is 7.05 Å². The summed E-state index contributed by atoms with van der Waals surface area (Å²) in [7, 11) is 2.05. The van der Waals surface area contributed by atoms with Crippen molar-refractivity contribution in [1.82, 2.24) is 14.4 Å². The van der Waals surface area contributed by atoms with Crippen LogP contribution in [0.25, 0.3) is 10.8 Å². The molecule has 4 nitrogen and oxygen atoms in total. The van der Waals surface area contributed by atoms with E-state index in [0.717, 1.165) is 54.5 Å². The lowest BCUT2D eigenvalue weighted by atomic mass is 10.00. The maximum Gasteiger partial charge on any atom is 0.254 e. The molecule has 1 saturated heterocycles. The van der Waals surface area contributed by atoms with Crippen molar-refractivity contribution >= 4 is 16.7 Å². The SMILES string of the molecule is Cn1cccc1CN(C(=O)c1ccc2ccccc2c1)C1CCN(Cc2ccccc2)CC1. The fourth-order valence-electron chi connectivity index (χ4n) is 4.92. The lowest BCUT2D eigenvalue weighted by Gasteiger charge is -2.39. The minimum atomic E-state index is 0.128. The van der Waals surface area contributed by atoms with Gasteiger partial charge in [-0.25, -0.2) is 0 Å². The van der Waals surface area contributed by atoms with Gasteiger partial charge < -0.3 is 9.47 Å². The average molecular weight is 438 g/mol. The smallest absolute Gasteiger partial charge is 0.254 e. The summed E-state index contributed by atoms with van der Waals surface area (Å²) in [5, 5.41) is 2.28. The summed E-state index contributed by atoms with van der Waals surface area (Å²) in [5.74, 6) is 0.128. The molecule has 0 saturated carbocycles. The van der Waals surface area contributed by atoms with Gasteiger partial charge in [0.25, 0.3) is 5.91 Å². The molecule has 1 aliphatic rings. The quantitative estimate of drug-likeness (QED) is 0.399. The summed E-state index contributed by atoms with van der Waals surface area (Å²) in [6, 6.07) is 29.4. The van der Waals surface area contributed by atoms with Crippen LogP contribution in [0.4, 0.5) is 0 Å². The van der Waals surface area contributed by atoms with Crippen LogP contribution in [0.15, 0.2) is 91.1 Å². The second-order valence-corrected chi connectivity index (χ2v) is 9.10. The second-order valence-electron chi connectivity index (χ2n) is 9.10. The van der Waals surface area contributed by atoms with E-state index in [9.17, 15) is 4.79 Å². The fourth-order valence-corrected chi connectivity index (χ4v) is 4.92. The molecule has 33 heavy (non-hydrogen) atoms. The van der Waals surface area contributed by atoms with Gasteiger partial charge in [-0.3, -0.25) is 9.69 Å². The van der Waals surface area contributed by atoms with Crippen molar-refractivity contribution in [1.29, 1.82) is 0 Å². The highest BCUT2D eigenvalue weighted by molar-refractivity contribution is 5.98. The Morgan fingerprint density at radius 1 is 0.879 bits per heavy atom. The standard InChI is InChI=1S/C29H31N3O/c1-30-17-7-12-28(30)22-32(29(33)26-14-13-24-10-5-6-11-25(24)20-26)27-15-18-31(19-16-27)21-23-8-3-2-4-9-23/h2-14,17,20,27H,15-16,18-19,21-22H2,1H3. The number of hydrogen-bond acceptors (Lipinski definition) is 2. The van der Waals surface area contributed by atoms with Gasteiger partial charge in [-0.05, 0) is 53.4 Å². The van der Waals surface area contributed by atoms with Gasteiger partial charge in [0, 0.05) is 50.2 Å².